The first-order valence-electron chi connectivity index (χ1n) is 15.8. The van der Waals surface area contributed by atoms with Crippen LogP contribution in [0.5, 0.6) is 0 Å². The van der Waals surface area contributed by atoms with Crippen LogP contribution in [0.2, 0.25) is 0 Å². The first kappa shape index (κ1) is 26.3. The van der Waals surface area contributed by atoms with Crippen LogP contribution in [-0.2, 0) is 0 Å². The van der Waals surface area contributed by atoms with Gasteiger partial charge in [-0.3, -0.25) is 0 Å². The second-order valence-corrected chi connectivity index (χ2v) is 13.1. The van der Waals surface area contributed by atoms with Crippen molar-refractivity contribution in [2.24, 2.45) is 0 Å². The molecule has 218 valence electrons. The first-order valence-corrected chi connectivity index (χ1v) is 16.6. The van der Waals surface area contributed by atoms with Crippen molar-refractivity contribution in [2.75, 3.05) is 0 Å². The number of hydrogen-bond donors (Lipinski definition) is 0. The van der Waals surface area contributed by atoms with Crippen molar-refractivity contribution in [1.29, 1.82) is 0 Å². The van der Waals surface area contributed by atoms with Gasteiger partial charge in [-0.2, -0.15) is 0 Å². The van der Waals surface area contributed by atoms with E-state index >= 15 is 0 Å². The standard InChI is InChI=1S/C43H25N3S/c1-2-11-27(12-3-1)41-44-42(30-19-18-26-10-4-5-13-28(26)24-30)46-43(45-41)31-21-22-32-29(25-31)20-23-36-38(32)33-14-6-7-15-34(33)40-39(36)35-16-8-9-17-37(35)47-40/h1-25H. The number of aromatic nitrogens is 3. The van der Waals surface area contributed by atoms with Gasteiger partial charge in [-0.05, 0) is 55.9 Å². The summed E-state index contributed by atoms with van der Waals surface area (Å²) in [6.45, 7) is 0. The van der Waals surface area contributed by atoms with Crippen molar-refractivity contribution < 1.29 is 0 Å². The maximum atomic E-state index is 5.07. The zero-order valence-electron chi connectivity index (χ0n) is 25.2. The molecule has 10 aromatic rings. The lowest BCUT2D eigenvalue weighted by Crippen LogP contribution is -2.00. The molecule has 0 atom stereocenters. The first-order chi connectivity index (χ1) is 23.3. The van der Waals surface area contributed by atoms with Crippen LogP contribution in [-0.4, -0.2) is 15.0 Å². The molecule has 2 heterocycles. The number of fused-ring (bicyclic) bond motifs is 11. The predicted octanol–water partition coefficient (Wildman–Crippen LogP) is 11.9. The summed E-state index contributed by atoms with van der Waals surface area (Å²) in [7, 11) is 0. The molecule has 0 N–H and O–H groups in total. The smallest absolute Gasteiger partial charge is 0.164 e. The summed E-state index contributed by atoms with van der Waals surface area (Å²) in [5.41, 5.74) is 2.89. The van der Waals surface area contributed by atoms with E-state index in [1.165, 1.54) is 52.5 Å². The third-order valence-corrected chi connectivity index (χ3v) is 10.5. The Morgan fingerprint density at radius 1 is 0.340 bits per heavy atom. The fraction of sp³-hybridized carbons (Fsp3) is 0. The van der Waals surface area contributed by atoms with E-state index in [-0.39, 0.29) is 0 Å². The molecule has 0 aliphatic rings. The van der Waals surface area contributed by atoms with E-state index in [0.29, 0.717) is 17.5 Å². The minimum absolute atomic E-state index is 0.660. The van der Waals surface area contributed by atoms with Crippen LogP contribution in [0, 0.1) is 0 Å². The summed E-state index contributed by atoms with van der Waals surface area (Å²) in [6, 6.07) is 53.8. The highest BCUT2D eigenvalue weighted by Crippen LogP contribution is 2.46. The second-order valence-electron chi connectivity index (χ2n) is 12.0. The Bertz CT molecular complexity index is 2850. The van der Waals surface area contributed by atoms with Gasteiger partial charge in [-0.1, -0.05) is 133 Å². The minimum atomic E-state index is 0.660. The molecule has 0 saturated heterocycles. The molecule has 10 rings (SSSR count). The number of hydrogen-bond acceptors (Lipinski definition) is 4. The normalized spacial score (nSPS) is 11.8. The van der Waals surface area contributed by atoms with E-state index in [1.54, 1.807) is 0 Å². The van der Waals surface area contributed by atoms with Gasteiger partial charge >= 0.3 is 0 Å². The lowest BCUT2D eigenvalue weighted by Gasteiger charge is -2.12. The van der Waals surface area contributed by atoms with Gasteiger partial charge in [0.05, 0.1) is 0 Å². The monoisotopic (exact) mass is 615 g/mol. The molecule has 3 nitrogen and oxygen atoms in total. The fourth-order valence-electron chi connectivity index (χ4n) is 7.05. The Balaban J connectivity index is 1.21. The molecular weight excluding hydrogens is 591 g/mol. The summed E-state index contributed by atoms with van der Waals surface area (Å²) in [6.07, 6.45) is 0. The topological polar surface area (TPSA) is 38.7 Å². The van der Waals surface area contributed by atoms with Gasteiger partial charge < -0.3 is 0 Å². The molecular formula is C43H25N3S. The maximum absolute atomic E-state index is 5.07. The van der Waals surface area contributed by atoms with Crippen LogP contribution in [0.3, 0.4) is 0 Å². The highest BCUT2D eigenvalue weighted by atomic mass is 32.1. The van der Waals surface area contributed by atoms with E-state index in [9.17, 15) is 0 Å². The van der Waals surface area contributed by atoms with E-state index < -0.39 is 0 Å². The SMILES string of the molecule is c1ccc(-c2nc(-c3ccc4ccccc4c3)nc(-c3ccc4c(ccc5c4c4ccccc4c4sc6ccccc6c54)c3)n2)cc1. The molecule has 0 saturated carbocycles. The lowest BCUT2D eigenvalue weighted by atomic mass is 9.92. The van der Waals surface area contributed by atoms with E-state index in [0.717, 1.165) is 27.5 Å². The quantitative estimate of drug-likeness (QED) is 0.186. The van der Waals surface area contributed by atoms with Crippen molar-refractivity contribution >= 4 is 74.6 Å². The molecule has 2 aromatic heterocycles. The Morgan fingerprint density at radius 2 is 0.915 bits per heavy atom. The van der Waals surface area contributed by atoms with Gasteiger partial charge in [0.15, 0.2) is 17.5 Å². The van der Waals surface area contributed by atoms with Crippen LogP contribution in [0.4, 0.5) is 0 Å². The van der Waals surface area contributed by atoms with Crippen molar-refractivity contribution in [2.45, 2.75) is 0 Å². The minimum Gasteiger partial charge on any atom is -0.208 e. The molecule has 4 heteroatoms. The van der Waals surface area contributed by atoms with Gasteiger partial charge in [-0.15, -0.1) is 11.3 Å². The average molecular weight is 616 g/mol. The van der Waals surface area contributed by atoms with Gasteiger partial charge in [0.25, 0.3) is 0 Å². The largest absolute Gasteiger partial charge is 0.208 e. The van der Waals surface area contributed by atoms with Crippen LogP contribution in [0.1, 0.15) is 0 Å². The van der Waals surface area contributed by atoms with Crippen LogP contribution in [0.15, 0.2) is 152 Å². The summed E-state index contributed by atoms with van der Waals surface area (Å²) in [5, 5.41) is 12.6. The molecule has 0 fully saturated rings. The molecule has 0 amide bonds. The van der Waals surface area contributed by atoms with Gasteiger partial charge in [0.2, 0.25) is 0 Å². The van der Waals surface area contributed by atoms with Crippen molar-refractivity contribution in [3.63, 3.8) is 0 Å². The Kier molecular flexibility index (Phi) is 5.74. The molecule has 47 heavy (non-hydrogen) atoms. The van der Waals surface area contributed by atoms with E-state index in [4.69, 9.17) is 15.0 Å². The molecule has 0 radical (unpaired) electrons. The van der Waals surface area contributed by atoms with Crippen molar-refractivity contribution in [3.8, 4) is 34.2 Å². The Hall–Kier alpha value is -5.97. The molecule has 8 aromatic carbocycles. The number of nitrogens with zero attached hydrogens (tertiary/aromatic N) is 3. The highest BCUT2D eigenvalue weighted by Gasteiger charge is 2.17. The van der Waals surface area contributed by atoms with Gasteiger partial charge in [0, 0.05) is 42.2 Å². The van der Waals surface area contributed by atoms with Crippen LogP contribution < -0.4 is 0 Å². The summed E-state index contributed by atoms with van der Waals surface area (Å²) >= 11 is 1.89. The van der Waals surface area contributed by atoms with E-state index in [2.05, 4.69) is 133 Å². The summed E-state index contributed by atoms with van der Waals surface area (Å²) in [4.78, 5) is 15.1. The maximum Gasteiger partial charge on any atom is 0.164 e. The van der Waals surface area contributed by atoms with E-state index in [1.807, 2.05) is 29.5 Å². The number of rotatable bonds is 3. The van der Waals surface area contributed by atoms with Gasteiger partial charge in [-0.25, -0.2) is 15.0 Å². The highest BCUT2D eigenvalue weighted by molar-refractivity contribution is 7.27. The number of benzene rings is 8. The lowest BCUT2D eigenvalue weighted by molar-refractivity contribution is 1.08. The van der Waals surface area contributed by atoms with Crippen LogP contribution >= 0.6 is 11.3 Å². The number of thiophene rings is 1. The summed E-state index contributed by atoms with van der Waals surface area (Å²) in [5.74, 6) is 1.99. The Labute approximate surface area is 274 Å². The molecule has 0 aliphatic carbocycles. The van der Waals surface area contributed by atoms with Gasteiger partial charge in [0.1, 0.15) is 0 Å². The third kappa shape index (κ3) is 4.16. The molecule has 0 bridgehead atoms. The zero-order valence-corrected chi connectivity index (χ0v) is 26.0. The molecule has 0 unspecified atom stereocenters. The second kappa shape index (κ2) is 10.3. The summed E-state index contributed by atoms with van der Waals surface area (Å²) < 4.78 is 2.67. The zero-order chi connectivity index (χ0) is 30.9. The molecule has 0 spiro atoms. The average Bonchev–Trinajstić information content (AvgIpc) is 3.54. The Morgan fingerprint density at radius 3 is 1.72 bits per heavy atom. The van der Waals surface area contributed by atoms with Crippen molar-refractivity contribution in [3.05, 3.63) is 152 Å². The fourth-order valence-corrected chi connectivity index (χ4v) is 8.30. The third-order valence-electron chi connectivity index (χ3n) is 9.26. The predicted molar refractivity (Wildman–Crippen MR) is 199 cm³/mol. The molecule has 0 aliphatic heterocycles. The van der Waals surface area contributed by atoms with Crippen molar-refractivity contribution in [1.82, 2.24) is 15.0 Å². The van der Waals surface area contributed by atoms with Crippen LogP contribution in [0.25, 0.3) is 97.4 Å².